The number of nitrogens with zero attached hydrogens (tertiary/aromatic N) is 2. The second-order valence-electron chi connectivity index (χ2n) is 6.68. The van der Waals surface area contributed by atoms with Crippen molar-refractivity contribution in [3.63, 3.8) is 0 Å². The van der Waals surface area contributed by atoms with Gasteiger partial charge in [-0.25, -0.2) is 8.42 Å². The largest absolute Gasteiger partial charge is 0.334 e. The van der Waals surface area contributed by atoms with Crippen LogP contribution < -0.4 is 5.32 Å². The summed E-state index contributed by atoms with van der Waals surface area (Å²) < 4.78 is 30.4. The van der Waals surface area contributed by atoms with Gasteiger partial charge in [0.25, 0.3) is 5.89 Å². The van der Waals surface area contributed by atoms with E-state index in [1.165, 1.54) is 0 Å². The van der Waals surface area contributed by atoms with Crippen molar-refractivity contribution in [3.05, 3.63) is 65.5 Å². The molecule has 6 nitrogen and oxygen atoms in total. The van der Waals surface area contributed by atoms with Crippen LogP contribution in [0.4, 0.5) is 0 Å². The van der Waals surface area contributed by atoms with E-state index in [2.05, 4.69) is 15.5 Å². The predicted octanol–water partition coefficient (Wildman–Crippen LogP) is 3.17. The van der Waals surface area contributed by atoms with Gasteiger partial charge < -0.3 is 9.84 Å². The number of aromatic nitrogens is 2. The van der Waals surface area contributed by atoms with E-state index in [0.717, 1.165) is 11.1 Å². The molecular formula is C20H23N3O3S. The highest BCUT2D eigenvalue weighted by Crippen LogP contribution is 2.21. The van der Waals surface area contributed by atoms with Gasteiger partial charge in [-0.2, -0.15) is 4.98 Å². The summed E-state index contributed by atoms with van der Waals surface area (Å²) in [7, 11) is -1.49. The maximum Gasteiger partial charge on any atom is 0.257 e. The Labute approximate surface area is 159 Å². The van der Waals surface area contributed by atoms with Crippen molar-refractivity contribution in [2.75, 3.05) is 7.05 Å². The minimum Gasteiger partial charge on any atom is -0.334 e. The Kier molecular flexibility index (Phi) is 5.72. The van der Waals surface area contributed by atoms with Crippen molar-refractivity contribution in [1.82, 2.24) is 15.5 Å². The van der Waals surface area contributed by atoms with Gasteiger partial charge in [-0.1, -0.05) is 35.0 Å². The van der Waals surface area contributed by atoms with Gasteiger partial charge in [-0.15, -0.1) is 0 Å². The lowest BCUT2D eigenvalue weighted by molar-refractivity contribution is 0.418. The van der Waals surface area contributed by atoms with E-state index in [1.54, 1.807) is 48.5 Å². The third-order valence-corrected chi connectivity index (χ3v) is 6.09. The van der Waals surface area contributed by atoms with E-state index in [-0.39, 0.29) is 11.8 Å². The zero-order valence-electron chi connectivity index (χ0n) is 15.6. The van der Waals surface area contributed by atoms with Gasteiger partial charge in [-0.3, -0.25) is 0 Å². The van der Waals surface area contributed by atoms with Gasteiger partial charge in [0.1, 0.15) is 0 Å². The summed E-state index contributed by atoms with van der Waals surface area (Å²) >= 11 is 0. The highest BCUT2D eigenvalue weighted by molar-refractivity contribution is 7.90. The van der Waals surface area contributed by atoms with Gasteiger partial charge in [0.15, 0.2) is 15.7 Å². The summed E-state index contributed by atoms with van der Waals surface area (Å²) in [6.07, 6.45) is 0.673. The van der Waals surface area contributed by atoms with Crippen molar-refractivity contribution in [2.24, 2.45) is 0 Å². The molecule has 0 radical (unpaired) electrons. The number of rotatable bonds is 7. The molecule has 1 aromatic heterocycles. The second-order valence-corrected chi connectivity index (χ2v) is 8.67. The number of sulfone groups is 1. The molecule has 142 valence electrons. The summed E-state index contributed by atoms with van der Waals surface area (Å²) in [5.41, 5.74) is 2.51. The molecule has 0 aliphatic rings. The Morgan fingerprint density at radius 1 is 1.07 bits per heavy atom. The Bertz CT molecular complexity index is 994. The molecule has 27 heavy (non-hydrogen) atoms. The molecule has 0 aliphatic heterocycles. The molecule has 1 unspecified atom stereocenters. The van der Waals surface area contributed by atoms with Crippen LogP contribution in [-0.4, -0.2) is 31.6 Å². The van der Waals surface area contributed by atoms with Gasteiger partial charge >= 0.3 is 0 Å². The smallest absolute Gasteiger partial charge is 0.257 e. The topological polar surface area (TPSA) is 85.1 Å². The molecule has 0 bridgehead atoms. The minimum absolute atomic E-state index is 0.0505. The van der Waals surface area contributed by atoms with Crippen molar-refractivity contribution in [2.45, 2.75) is 37.0 Å². The molecule has 0 amide bonds. The highest BCUT2D eigenvalue weighted by Gasteiger charge is 2.16. The number of aryl methyl sites for hydroxylation is 1. The summed E-state index contributed by atoms with van der Waals surface area (Å²) in [4.78, 5) is 4.72. The Hall–Kier alpha value is -2.51. The van der Waals surface area contributed by atoms with E-state index in [4.69, 9.17) is 4.52 Å². The second kappa shape index (κ2) is 8.02. The fourth-order valence-electron chi connectivity index (χ4n) is 2.62. The number of likely N-dealkylation sites (N-methyl/N-ethyl adjacent to an activating group) is 1. The van der Waals surface area contributed by atoms with Crippen LogP contribution in [0.25, 0.3) is 11.5 Å². The first-order valence-electron chi connectivity index (χ1n) is 8.76. The van der Waals surface area contributed by atoms with Gasteiger partial charge in [0.05, 0.1) is 10.6 Å². The summed E-state index contributed by atoms with van der Waals surface area (Å²) in [5, 5.41) is 7.12. The SMILES string of the molecule is CNC(C)Cc1noc(-c2ccc(CS(=O)(=O)c3ccc(C)cc3)cc2)n1. The van der Waals surface area contributed by atoms with Crippen LogP contribution in [-0.2, 0) is 22.0 Å². The van der Waals surface area contributed by atoms with Crippen LogP contribution in [0.3, 0.4) is 0 Å². The van der Waals surface area contributed by atoms with Crippen LogP contribution >= 0.6 is 0 Å². The predicted molar refractivity (Wildman–Crippen MR) is 104 cm³/mol. The molecule has 1 N–H and O–H groups in total. The maximum atomic E-state index is 12.6. The molecule has 1 atom stereocenters. The van der Waals surface area contributed by atoms with Crippen LogP contribution in [0.2, 0.25) is 0 Å². The fraction of sp³-hybridized carbons (Fsp3) is 0.300. The Morgan fingerprint density at radius 2 is 1.74 bits per heavy atom. The number of hydrogen-bond donors (Lipinski definition) is 1. The molecule has 3 rings (SSSR count). The molecule has 1 heterocycles. The van der Waals surface area contributed by atoms with E-state index >= 15 is 0 Å². The van der Waals surface area contributed by atoms with E-state index < -0.39 is 9.84 Å². The fourth-order valence-corrected chi connectivity index (χ4v) is 3.97. The van der Waals surface area contributed by atoms with Crippen LogP contribution in [0, 0.1) is 6.92 Å². The van der Waals surface area contributed by atoms with Crippen molar-refractivity contribution in [3.8, 4) is 11.5 Å². The average Bonchev–Trinajstić information content (AvgIpc) is 3.10. The molecule has 0 saturated heterocycles. The first-order chi connectivity index (χ1) is 12.9. The van der Waals surface area contributed by atoms with Crippen molar-refractivity contribution >= 4 is 9.84 Å². The van der Waals surface area contributed by atoms with Crippen LogP contribution in [0.15, 0.2) is 57.9 Å². The molecule has 7 heteroatoms. The lowest BCUT2D eigenvalue weighted by Crippen LogP contribution is -2.24. The van der Waals surface area contributed by atoms with Crippen LogP contribution in [0.5, 0.6) is 0 Å². The quantitative estimate of drug-likeness (QED) is 0.672. The van der Waals surface area contributed by atoms with E-state index in [9.17, 15) is 8.42 Å². The summed E-state index contributed by atoms with van der Waals surface area (Å²) in [6, 6.07) is 14.3. The molecule has 2 aromatic carbocycles. The highest BCUT2D eigenvalue weighted by atomic mass is 32.2. The van der Waals surface area contributed by atoms with Crippen molar-refractivity contribution < 1.29 is 12.9 Å². The summed E-state index contributed by atoms with van der Waals surface area (Å²) in [5.74, 6) is 1.02. The third kappa shape index (κ3) is 4.81. The minimum atomic E-state index is -3.38. The number of benzene rings is 2. The molecular weight excluding hydrogens is 362 g/mol. The normalized spacial score (nSPS) is 12.9. The van der Waals surface area contributed by atoms with Gasteiger partial charge in [-0.05, 0) is 50.7 Å². The number of nitrogens with one attached hydrogen (secondary N) is 1. The molecule has 0 fully saturated rings. The first-order valence-corrected chi connectivity index (χ1v) is 10.4. The first kappa shape index (κ1) is 19.3. The molecule has 0 aliphatic carbocycles. The zero-order valence-corrected chi connectivity index (χ0v) is 16.5. The summed E-state index contributed by atoms with van der Waals surface area (Å²) in [6.45, 7) is 3.97. The lowest BCUT2D eigenvalue weighted by atomic mass is 10.1. The average molecular weight is 385 g/mol. The molecule has 3 aromatic rings. The van der Waals surface area contributed by atoms with E-state index in [0.29, 0.717) is 28.6 Å². The number of hydrogen-bond acceptors (Lipinski definition) is 6. The maximum absolute atomic E-state index is 12.6. The zero-order chi connectivity index (χ0) is 19.4. The monoisotopic (exact) mass is 385 g/mol. The Morgan fingerprint density at radius 3 is 2.37 bits per heavy atom. The van der Waals surface area contributed by atoms with Crippen molar-refractivity contribution in [1.29, 1.82) is 0 Å². The van der Waals surface area contributed by atoms with Crippen LogP contribution in [0.1, 0.15) is 23.9 Å². The third-order valence-electron chi connectivity index (χ3n) is 4.39. The van der Waals surface area contributed by atoms with Gasteiger partial charge in [0, 0.05) is 18.0 Å². The van der Waals surface area contributed by atoms with E-state index in [1.807, 2.05) is 20.9 Å². The van der Waals surface area contributed by atoms with Gasteiger partial charge in [0.2, 0.25) is 0 Å². The molecule has 0 spiro atoms. The lowest BCUT2D eigenvalue weighted by Gasteiger charge is -2.06. The molecule has 0 saturated carbocycles. The standard InChI is InChI=1S/C20H23N3O3S/c1-14-4-10-18(11-5-14)27(24,25)13-16-6-8-17(9-7-16)20-22-19(23-26-20)12-15(2)21-3/h4-11,15,21H,12-13H2,1-3H3. The Balaban J connectivity index is 1.73.